The number of guanidine groups is 1. The van der Waals surface area contributed by atoms with Crippen LogP contribution in [0.15, 0.2) is 27.7 Å². The van der Waals surface area contributed by atoms with Crippen molar-refractivity contribution in [3.8, 4) is 0 Å². The van der Waals surface area contributed by atoms with Crippen LogP contribution in [0.1, 0.15) is 35.1 Å². The normalized spacial score (nSPS) is 11.9. The van der Waals surface area contributed by atoms with E-state index in [1.54, 1.807) is 0 Å². The lowest BCUT2D eigenvalue weighted by Gasteiger charge is -2.14. The largest absolute Gasteiger partial charge is 0.416 e. The lowest BCUT2D eigenvalue weighted by Crippen LogP contribution is -2.38. The van der Waals surface area contributed by atoms with E-state index in [0.29, 0.717) is 31.5 Å². The van der Waals surface area contributed by atoms with Gasteiger partial charge in [0.05, 0.1) is 17.8 Å². The summed E-state index contributed by atoms with van der Waals surface area (Å²) >= 11 is 0. The smallest absolute Gasteiger partial charge is 0.361 e. The molecule has 0 radical (unpaired) electrons. The summed E-state index contributed by atoms with van der Waals surface area (Å²) in [4.78, 5) is 4.18. The summed E-state index contributed by atoms with van der Waals surface area (Å²) < 4.78 is 57.5. The van der Waals surface area contributed by atoms with Crippen LogP contribution < -0.4 is 10.6 Å². The Kier molecular flexibility index (Phi) is 9.18. The fourth-order valence-electron chi connectivity index (χ4n) is 2.62. The van der Waals surface area contributed by atoms with Crippen LogP contribution in [0.5, 0.6) is 0 Å². The zero-order valence-electron chi connectivity index (χ0n) is 15.8. The molecule has 0 atom stereocenters. The Bertz CT molecular complexity index is 786. The molecule has 156 valence electrons. The van der Waals surface area contributed by atoms with Crippen molar-refractivity contribution in [2.45, 2.75) is 39.9 Å². The zero-order chi connectivity index (χ0) is 20.0. The Balaban J connectivity index is 0.00000392. The Hall–Kier alpha value is -1.85. The van der Waals surface area contributed by atoms with Gasteiger partial charge in [0.2, 0.25) is 0 Å². The van der Waals surface area contributed by atoms with Gasteiger partial charge in [0.15, 0.2) is 5.96 Å². The molecule has 0 unspecified atom stereocenters. The minimum Gasteiger partial charge on any atom is -0.361 e. The lowest BCUT2D eigenvalue weighted by molar-refractivity contribution is -0.138. The zero-order valence-corrected chi connectivity index (χ0v) is 18.1. The van der Waals surface area contributed by atoms with Crippen molar-refractivity contribution in [2.24, 2.45) is 4.99 Å². The van der Waals surface area contributed by atoms with E-state index in [1.165, 1.54) is 0 Å². The highest BCUT2D eigenvalue weighted by Gasteiger charge is 2.33. The SMILES string of the molecule is CCNC(=NCc1ccc(F)cc1C(F)(F)F)NCCc1c(C)noc1C.I. The highest BCUT2D eigenvalue weighted by atomic mass is 127. The van der Waals surface area contributed by atoms with E-state index in [0.717, 1.165) is 29.2 Å². The summed E-state index contributed by atoms with van der Waals surface area (Å²) in [6.45, 7) is 6.34. The minimum absolute atomic E-state index is 0. The van der Waals surface area contributed by atoms with Crippen LogP contribution in [-0.4, -0.2) is 24.2 Å². The molecule has 1 aromatic carbocycles. The standard InChI is InChI=1S/C18H22F4N4O.HI/c1-4-23-17(24-8-7-15-11(2)26-27-12(15)3)25-10-13-5-6-14(19)9-16(13)18(20,21)22;/h5-6,9H,4,7-8,10H2,1-3H3,(H2,23,24,25);1H. The van der Waals surface area contributed by atoms with Crippen LogP contribution >= 0.6 is 24.0 Å². The average molecular weight is 514 g/mol. The van der Waals surface area contributed by atoms with Gasteiger partial charge in [0, 0.05) is 18.7 Å². The van der Waals surface area contributed by atoms with Crippen LogP contribution in [-0.2, 0) is 19.1 Å². The third-order valence-electron chi connectivity index (χ3n) is 3.98. The summed E-state index contributed by atoms with van der Waals surface area (Å²) in [6, 6.07) is 2.59. The third kappa shape index (κ3) is 6.64. The monoisotopic (exact) mass is 514 g/mol. The predicted molar refractivity (Wildman–Crippen MR) is 109 cm³/mol. The van der Waals surface area contributed by atoms with Gasteiger partial charge in [-0.25, -0.2) is 9.38 Å². The first-order chi connectivity index (χ1) is 12.7. The van der Waals surface area contributed by atoms with Crippen LogP contribution in [0, 0.1) is 19.7 Å². The number of nitrogens with one attached hydrogen (secondary N) is 2. The molecule has 0 spiro atoms. The molecular weight excluding hydrogens is 491 g/mol. The van der Waals surface area contributed by atoms with E-state index in [2.05, 4.69) is 20.8 Å². The van der Waals surface area contributed by atoms with E-state index in [1.807, 2.05) is 20.8 Å². The molecule has 2 rings (SSSR count). The van der Waals surface area contributed by atoms with Gasteiger partial charge in [-0.1, -0.05) is 11.2 Å². The first-order valence-corrected chi connectivity index (χ1v) is 8.52. The number of hydrogen-bond donors (Lipinski definition) is 2. The maximum atomic E-state index is 13.2. The topological polar surface area (TPSA) is 62.5 Å². The number of alkyl halides is 3. The lowest BCUT2D eigenvalue weighted by atomic mass is 10.1. The molecular formula is C18H23F4IN4O. The second-order valence-electron chi connectivity index (χ2n) is 5.97. The Morgan fingerprint density at radius 3 is 2.50 bits per heavy atom. The molecule has 2 aromatic rings. The molecule has 1 aromatic heterocycles. The fourth-order valence-corrected chi connectivity index (χ4v) is 2.62. The van der Waals surface area contributed by atoms with Crippen LogP contribution in [0.25, 0.3) is 0 Å². The molecule has 2 N–H and O–H groups in total. The molecule has 28 heavy (non-hydrogen) atoms. The van der Waals surface area contributed by atoms with Crippen molar-refractivity contribution < 1.29 is 22.1 Å². The van der Waals surface area contributed by atoms with Gasteiger partial charge >= 0.3 is 6.18 Å². The quantitative estimate of drug-likeness (QED) is 0.260. The number of aliphatic imine (C=N–C) groups is 1. The fraction of sp³-hybridized carbons (Fsp3) is 0.444. The molecule has 0 bridgehead atoms. The Labute approximate surface area is 178 Å². The van der Waals surface area contributed by atoms with E-state index < -0.39 is 17.6 Å². The number of halogens is 5. The highest BCUT2D eigenvalue weighted by Crippen LogP contribution is 2.32. The van der Waals surface area contributed by atoms with E-state index >= 15 is 0 Å². The van der Waals surface area contributed by atoms with Gasteiger partial charge in [-0.2, -0.15) is 13.2 Å². The predicted octanol–water partition coefficient (Wildman–Crippen LogP) is 4.37. The first kappa shape index (κ1) is 24.2. The molecule has 0 aliphatic carbocycles. The van der Waals surface area contributed by atoms with Gasteiger partial charge in [-0.05, 0) is 44.9 Å². The Morgan fingerprint density at radius 1 is 1.21 bits per heavy atom. The second kappa shape index (κ2) is 10.6. The van der Waals surface area contributed by atoms with Crippen LogP contribution in [0.2, 0.25) is 0 Å². The number of rotatable bonds is 6. The molecule has 0 fully saturated rings. The molecule has 5 nitrogen and oxygen atoms in total. The molecule has 0 aliphatic heterocycles. The van der Waals surface area contributed by atoms with Gasteiger partial charge in [0.1, 0.15) is 11.6 Å². The van der Waals surface area contributed by atoms with Gasteiger partial charge in [-0.15, -0.1) is 24.0 Å². The van der Waals surface area contributed by atoms with E-state index in [4.69, 9.17) is 4.52 Å². The highest BCUT2D eigenvalue weighted by molar-refractivity contribution is 14.0. The van der Waals surface area contributed by atoms with Gasteiger partial charge < -0.3 is 15.2 Å². The molecule has 0 aliphatic rings. The van der Waals surface area contributed by atoms with Crippen LogP contribution in [0.4, 0.5) is 17.6 Å². The molecule has 0 saturated heterocycles. The van der Waals surface area contributed by atoms with Crippen molar-refractivity contribution in [3.05, 3.63) is 52.2 Å². The number of aryl methyl sites for hydroxylation is 2. The molecule has 1 heterocycles. The number of aromatic nitrogens is 1. The number of nitrogens with zero attached hydrogens (tertiary/aromatic N) is 2. The van der Waals surface area contributed by atoms with Gasteiger partial charge in [-0.3, -0.25) is 0 Å². The van der Waals surface area contributed by atoms with E-state index in [-0.39, 0.29) is 36.1 Å². The summed E-state index contributed by atoms with van der Waals surface area (Å²) in [6.07, 6.45) is -4.00. The van der Waals surface area contributed by atoms with Gasteiger partial charge in [0.25, 0.3) is 0 Å². The van der Waals surface area contributed by atoms with Crippen LogP contribution in [0.3, 0.4) is 0 Å². The molecule has 0 amide bonds. The van der Waals surface area contributed by atoms with E-state index in [9.17, 15) is 17.6 Å². The molecule has 10 heteroatoms. The number of hydrogen-bond acceptors (Lipinski definition) is 3. The number of benzene rings is 1. The van der Waals surface area contributed by atoms with Crippen molar-refractivity contribution in [2.75, 3.05) is 13.1 Å². The third-order valence-corrected chi connectivity index (χ3v) is 3.98. The van der Waals surface area contributed by atoms with Crippen molar-refractivity contribution in [1.29, 1.82) is 0 Å². The van der Waals surface area contributed by atoms with Crippen molar-refractivity contribution in [1.82, 2.24) is 15.8 Å². The summed E-state index contributed by atoms with van der Waals surface area (Å²) in [5.74, 6) is 0.179. The summed E-state index contributed by atoms with van der Waals surface area (Å²) in [7, 11) is 0. The minimum atomic E-state index is -4.64. The van der Waals surface area contributed by atoms with Crippen molar-refractivity contribution >= 4 is 29.9 Å². The summed E-state index contributed by atoms with van der Waals surface area (Å²) in [5, 5.41) is 9.92. The maximum Gasteiger partial charge on any atom is 0.416 e. The second-order valence-corrected chi connectivity index (χ2v) is 5.97. The molecule has 0 saturated carbocycles. The van der Waals surface area contributed by atoms with Crippen molar-refractivity contribution in [3.63, 3.8) is 0 Å². The Morgan fingerprint density at radius 2 is 1.93 bits per heavy atom. The average Bonchev–Trinajstić information content (AvgIpc) is 2.91. The first-order valence-electron chi connectivity index (χ1n) is 8.52. The maximum absolute atomic E-state index is 13.2. The summed E-state index contributed by atoms with van der Waals surface area (Å²) in [5.41, 5.74) is 0.679.